The lowest BCUT2D eigenvalue weighted by Gasteiger charge is -2.37. The van der Waals surface area contributed by atoms with Gasteiger partial charge in [0, 0.05) is 6.07 Å². The molecule has 7 nitrogen and oxygen atoms in total. The van der Waals surface area contributed by atoms with E-state index >= 15 is 0 Å². The van der Waals surface area contributed by atoms with E-state index in [9.17, 15) is 19.7 Å². The topological polar surface area (TPSA) is 92.9 Å². The average Bonchev–Trinajstić information content (AvgIpc) is 3.13. The van der Waals surface area contributed by atoms with Crippen molar-refractivity contribution in [3.8, 4) is 0 Å². The quantitative estimate of drug-likeness (QED) is 0.279. The monoisotopic (exact) mass is 331 g/mol. The largest absolute Gasteiger partial charge is 0.324 e. The minimum absolute atomic E-state index is 0.00133. The summed E-state index contributed by atoms with van der Waals surface area (Å²) in [6, 6.07) is 2.93. The number of allylic oxidation sites excluding steroid dienone is 2. The maximum absolute atomic E-state index is 12.5. The number of imide groups is 1. The summed E-state index contributed by atoms with van der Waals surface area (Å²) in [5.41, 5.74) is 0. The summed E-state index contributed by atoms with van der Waals surface area (Å²) in [5.74, 6) is -0.821. The highest BCUT2D eigenvalue weighted by Gasteiger charge is 2.56. The third-order valence-electron chi connectivity index (χ3n) is 4.83. The van der Waals surface area contributed by atoms with Crippen molar-refractivity contribution in [3.63, 3.8) is 0 Å². The Morgan fingerprint density at radius 2 is 1.78 bits per heavy atom. The van der Waals surface area contributed by atoms with Gasteiger partial charge in [-0.25, -0.2) is 0 Å². The zero-order valence-electron chi connectivity index (χ0n) is 12.0. The highest BCUT2D eigenvalue weighted by atomic mass is 32.1. The van der Waals surface area contributed by atoms with Crippen molar-refractivity contribution in [2.75, 3.05) is 0 Å². The fraction of sp³-hybridized carbons (Fsp3) is 0.400. The zero-order valence-corrected chi connectivity index (χ0v) is 12.8. The van der Waals surface area contributed by atoms with E-state index in [0.717, 1.165) is 29.2 Å². The third-order valence-corrected chi connectivity index (χ3v) is 5.80. The van der Waals surface area contributed by atoms with E-state index < -0.39 is 4.92 Å². The van der Waals surface area contributed by atoms with Crippen LogP contribution in [0.25, 0.3) is 0 Å². The number of nitro groups is 1. The van der Waals surface area contributed by atoms with E-state index in [0.29, 0.717) is 4.88 Å². The number of nitrogens with zero attached hydrogens (tertiary/aromatic N) is 3. The molecule has 118 valence electrons. The van der Waals surface area contributed by atoms with Crippen LogP contribution < -0.4 is 0 Å². The minimum Gasteiger partial charge on any atom is -0.272 e. The highest BCUT2D eigenvalue weighted by molar-refractivity contribution is 7.16. The molecular formula is C15H13N3O4S. The second kappa shape index (κ2) is 5.09. The van der Waals surface area contributed by atoms with E-state index in [-0.39, 0.29) is 40.5 Å². The molecule has 0 N–H and O–H groups in total. The van der Waals surface area contributed by atoms with Crippen LogP contribution in [0.1, 0.15) is 17.7 Å². The minimum atomic E-state index is -0.480. The first-order chi connectivity index (χ1) is 11.1. The number of carbonyl (C=O) groups excluding carboxylic acids is 2. The van der Waals surface area contributed by atoms with Gasteiger partial charge in [-0.15, -0.1) is 0 Å². The van der Waals surface area contributed by atoms with Crippen molar-refractivity contribution in [2.45, 2.75) is 12.8 Å². The van der Waals surface area contributed by atoms with E-state index in [1.54, 1.807) is 6.07 Å². The third kappa shape index (κ3) is 2.13. The van der Waals surface area contributed by atoms with E-state index in [4.69, 9.17) is 0 Å². The van der Waals surface area contributed by atoms with Crippen LogP contribution in [0.5, 0.6) is 0 Å². The molecule has 8 heteroatoms. The lowest BCUT2D eigenvalue weighted by molar-refractivity contribution is -0.380. The first kappa shape index (κ1) is 14.3. The Kier molecular flexibility index (Phi) is 3.15. The van der Waals surface area contributed by atoms with Crippen molar-refractivity contribution in [2.24, 2.45) is 28.8 Å². The Morgan fingerprint density at radius 1 is 1.17 bits per heavy atom. The zero-order chi connectivity index (χ0) is 16.1. The van der Waals surface area contributed by atoms with Crippen molar-refractivity contribution in [3.05, 3.63) is 39.3 Å². The summed E-state index contributed by atoms with van der Waals surface area (Å²) >= 11 is 0.956. The molecule has 0 unspecified atom stereocenters. The maximum Gasteiger partial charge on any atom is 0.324 e. The van der Waals surface area contributed by atoms with Gasteiger partial charge in [-0.1, -0.05) is 23.5 Å². The van der Waals surface area contributed by atoms with E-state index in [2.05, 4.69) is 17.3 Å². The lowest BCUT2D eigenvalue weighted by Crippen LogP contribution is -2.38. The van der Waals surface area contributed by atoms with E-state index in [1.165, 1.54) is 12.3 Å². The number of rotatable bonds is 3. The Morgan fingerprint density at radius 3 is 2.26 bits per heavy atom. The average molecular weight is 331 g/mol. The summed E-state index contributed by atoms with van der Waals surface area (Å²) in [7, 11) is 0. The molecule has 4 aliphatic rings. The molecule has 23 heavy (non-hydrogen) atoms. The lowest BCUT2D eigenvalue weighted by atomic mass is 9.63. The molecule has 2 fully saturated rings. The molecule has 0 spiro atoms. The van der Waals surface area contributed by atoms with Crippen LogP contribution >= 0.6 is 11.3 Å². The summed E-state index contributed by atoms with van der Waals surface area (Å²) in [6.45, 7) is 0. The molecule has 1 aromatic rings. The SMILES string of the molecule is O=C1[C@@H]2[C@H](C(=O)N1/N=C\c1ccc([N+](=O)[O-])s1)[C@H]1C=C[C@H]2CC1. The van der Waals surface area contributed by atoms with Gasteiger partial charge in [-0.3, -0.25) is 19.7 Å². The first-order valence-corrected chi connectivity index (χ1v) is 8.22. The van der Waals surface area contributed by atoms with Gasteiger partial charge in [0.1, 0.15) is 0 Å². The number of carbonyl (C=O) groups is 2. The molecule has 1 aromatic heterocycles. The molecule has 3 aliphatic carbocycles. The summed E-state index contributed by atoms with van der Waals surface area (Å²) < 4.78 is 0. The Balaban J connectivity index is 1.58. The van der Waals surface area contributed by atoms with Crippen LogP contribution in [-0.2, 0) is 9.59 Å². The van der Waals surface area contributed by atoms with Crippen LogP contribution in [0.15, 0.2) is 29.4 Å². The first-order valence-electron chi connectivity index (χ1n) is 7.40. The fourth-order valence-corrected chi connectivity index (χ4v) is 4.48. The Hall–Kier alpha value is -2.35. The Labute approximate surface area is 135 Å². The summed E-state index contributed by atoms with van der Waals surface area (Å²) in [5, 5.41) is 15.7. The molecule has 2 heterocycles. The van der Waals surface area contributed by atoms with E-state index in [1.807, 2.05) is 0 Å². The standard InChI is InChI=1S/C15H13N3O4S/c19-14-12-8-1-2-9(4-3-8)13(12)15(20)17(14)16-7-10-5-6-11(23-10)18(21)22/h1-2,5-9,12-13H,3-4H2/b16-7-/t8-,9-,12-,13+/m0/s1. The number of hydrogen-bond donors (Lipinski definition) is 0. The Bertz CT molecular complexity index is 737. The number of hydrogen-bond acceptors (Lipinski definition) is 6. The van der Waals surface area contributed by atoms with Crippen molar-refractivity contribution in [1.82, 2.24) is 5.01 Å². The van der Waals surface area contributed by atoms with Gasteiger partial charge in [0.05, 0.1) is 27.9 Å². The molecule has 4 atom stereocenters. The maximum atomic E-state index is 12.5. The van der Waals surface area contributed by atoms with Crippen LogP contribution in [0.2, 0.25) is 0 Å². The molecular weight excluding hydrogens is 318 g/mol. The van der Waals surface area contributed by atoms with Crippen molar-refractivity contribution < 1.29 is 14.5 Å². The number of amides is 2. The predicted molar refractivity (Wildman–Crippen MR) is 82.8 cm³/mol. The molecule has 5 rings (SSSR count). The van der Waals surface area contributed by atoms with Gasteiger partial charge in [0.25, 0.3) is 11.8 Å². The highest BCUT2D eigenvalue weighted by Crippen LogP contribution is 2.49. The van der Waals surface area contributed by atoms with Crippen LogP contribution in [0.4, 0.5) is 5.00 Å². The summed E-state index contributed by atoms with van der Waals surface area (Å²) in [6.07, 6.45) is 7.33. The second-order valence-electron chi connectivity index (χ2n) is 6.01. The van der Waals surface area contributed by atoms with Crippen LogP contribution in [0, 0.1) is 33.8 Å². The molecule has 1 aliphatic heterocycles. The van der Waals surface area contributed by atoms with Gasteiger partial charge in [-0.05, 0) is 30.7 Å². The smallest absolute Gasteiger partial charge is 0.272 e. The number of hydrazone groups is 1. The summed E-state index contributed by atoms with van der Waals surface area (Å²) in [4.78, 5) is 35.8. The van der Waals surface area contributed by atoms with Crippen LogP contribution in [-0.4, -0.2) is 28.0 Å². The fourth-order valence-electron chi connectivity index (χ4n) is 3.80. The molecule has 1 saturated heterocycles. The number of thiophene rings is 1. The number of fused-ring (bicyclic) bond motifs is 1. The van der Waals surface area contributed by atoms with Gasteiger partial charge in [0.2, 0.25) is 0 Å². The molecule has 0 aromatic carbocycles. The van der Waals surface area contributed by atoms with Gasteiger partial charge < -0.3 is 0 Å². The van der Waals surface area contributed by atoms with Gasteiger partial charge in [-0.2, -0.15) is 10.1 Å². The molecule has 2 bridgehead atoms. The van der Waals surface area contributed by atoms with Crippen molar-refractivity contribution >= 4 is 34.4 Å². The molecule has 0 radical (unpaired) electrons. The van der Waals surface area contributed by atoms with Crippen molar-refractivity contribution in [1.29, 1.82) is 0 Å². The van der Waals surface area contributed by atoms with Crippen LogP contribution in [0.3, 0.4) is 0 Å². The normalized spacial score (nSPS) is 32.1. The molecule has 2 amide bonds. The predicted octanol–water partition coefficient (Wildman–Crippen LogP) is 2.19. The van der Waals surface area contributed by atoms with Gasteiger partial charge in [0.15, 0.2) is 0 Å². The molecule has 1 saturated carbocycles. The van der Waals surface area contributed by atoms with Gasteiger partial charge >= 0.3 is 5.00 Å². The second-order valence-corrected chi connectivity index (χ2v) is 7.10.